The minimum absolute atomic E-state index is 0.319. The van der Waals surface area contributed by atoms with Gasteiger partial charge in [-0.3, -0.25) is 4.79 Å². The Kier molecular flexibility index (Phi) is 5.54. The van der Waals surface area contributed by atoms with E-state index in [2.05, 4.69) is 9.97 Å². The molecule has 0 amide bonds. The summed E-state index contributed by atoms with van der Waals surface area (Å²) in [6.07, 6.45) is 0. The summed E-state index contributed by atoms with van der Waals surface area (Å²) in [6, 6.07) is 22.4. The van der Waals surface area contributed by atoms with Gasteiger partial charge in [-0.2, -0.15) is 0 Å². The Morgan fingerprint density at radius 2 is 1.59 bits per heavy atom. The normalized spacial score (nSPS) is 10.8. The molecule has 146 valence electrons. The van der Waals surface area contributed by atoms with Crippen LogP contribution in [0.3, 0.4) is 0 Å². The number of ether oxygens (including phenoxy) is 2. The molecule has 1 aromatic heterocycles. The Hall–Kier alpha value is -3.64. The lowest BCUT2D eigenvalue weighted by Gasteiger charge is -2.08. The zero-order chi connectivity index (χ0) is 20.1. The second kappa shape index (κ2) is 8.58. The van der Waals surface area contributed by atoms with E-state index in [1.807, 2.05) is 54.6 Å². The quantitative estimate of drug-likeness (QED) is 0.354. The molecule has 0 radical (unpaired) electrons. The molecule has 0 fully saturated rings. The number of aliphatic hydroxyl groups excluding tert-OH is 1. The number of hydrogen-bond donors (Lipinski definition) is 2. The van der Waals surface area contributed by atoms with E-state index in [1.54, 1.807) is 18.2 Å². The third-order valence-electron chi connectivity index (χ3n) is 4.44. The Morgan fingerprint density at radius 1 is 0.897 bits per heavy atom. The average molecular weight is 388 g/mol. The zero-order valence-corrected chi connectivity index (χ0v) is 15.7. The molecular weight excluding hydrogens is 368 g/mol. The molecule has 0 unspecified atom stereocenters. The van der Waals surface area contributed by atoms with Crippen molar-refractivity contribution in [1.82, 2.24) is 9.97 Å². The zero-order valence-electron chi connectivity index (χ0n) is 15.7. The molecule has 3 aromatic carbocycles. The summed E-state index contributed by atoms with van der Waals surface area (Å²) in [5.74, 6) is 1.95. The monoisotopic (exact) mass is 388 g/mol. The fraction of sp³-hybridized carbons (Fsp3) is 0.130. The number of nitrogens with one attached hydrogen (secondary N) is 1. The predicted octanol–water partition coefficient (Wildman–Crippen LogP) is 3.86. The Balaban J connectivity index is 1.39. The summed E-state index contributed by atoms with van der Waals surface area (Å²) in [4.78, 5) is 19.4. The van der Waals surface area contributed by atoms with Gasteiger partial charge in [0.1, 0.15) is 37.1 Å². The van der Waals surface area contributed by atoms with Crippen LogP contribution in [0, 0.1) is 0 Å². The molecule has 29 heavy (non-hydrogen) atoms. The molecule has 0 atom stereocenters. The predicted molar refractivity (Wildman–Crippen MR) is 110 cm³/mol. The molecule has 0 spiro atoms. The van der Waals surface area contributed by atoms with Gasteiger partial charge < -0.3 is 19.6 Å². The highest BCUT2D eigenvalue weighted by molar-refractivity contribution is 5.99. The molecule has 0 bridgehead atoms. The van der Waals surface area contributed by atoms with Crippen LogP contribution in [0.25, 0.3) is 22.4 Å². The van der Waals surface area contributed by atoms with E-state index in [0.717, 1.165) is 28.1 Å². The van der Waals surface area contributed by atoms with E-state index in [0.29, 0.717) is 24.6 Å². The van der Waals surface area contributed by atoms with Gasteiger partial charge in [-0.1, -0.05) is 18.2 Å². The number of imidazole rings is 1. The van der Waals surface area contributed by atoms with Crippen LogP contribution in [-0.4, -0.2) is 40.7 Å². The number of aliphatic hydroxyl groups is 1. The highest BCUT2D eigenvalue weighted by Crippen LogP contribution is 2.23. The molecular formula is C23H20N2O4. The summed E-state index contributed by atoms with van der Waals surface area (Å²) in [6.45, 7) is 0.398. The standard InChI is InChI=1S/C23H20N2O4/c26-15-22(27)17-8-11-20-21(14-17)25-23(24-20)16-6-9-19(10-7-16)29-13-12-28-18-4-2-1-3-5-18/h1-11,14,26H,12-13,15H2,(H,24,25). The first-order valence-corrected chi connectivity index (χ1v) is 9.28. The molecule has 2 N–H and O–H groups in total. The number of H-pyrrole nitrogens is 1. The number of ketones is 1. The fourth-order valence-corrected chi connectivity index (χ4v) is 2.96. The van der Waals surface area contributed by atoms with Crippen molar-refractivity contribution in [3.63, 3.8) is 0 Å². The van der Waals surface area contributed by atoms with Gasteiger partial charge >= 0.3 is 0 Å². The highest BCUT2D eigenvalue weighted by Gasteiger charge is 2.09. The minimum atomic E-state index is -0.510. The van der Waals surface area contributed by atoms with Gasteiger partial charge in [-0.25, -0.2) is 4.98 Å². The van der Waals surface area contributed by atoms with Crippen molar-refractivity contribution in [3.8, 4) is 22.9 Å². The van der Waals surface area contributed by atoms with Crippen molar-refractivity contribution in [2.24, 2.45) is 0 Å². The van der Waals surface area contributed by atoms with Crippen molar-refractivity contribution >= 4 is 16.8 Å². The van der Waals surface area contributed by atoms with Crippen LogP contribution < -0.4 is 9.47 Å². The smallest absolute Gasteiger partial charge is 0.188 e. The van der Waals surface area contributed by atoms with Crippen molar-refractivity contribution in [3.05, 3.63) is 78.4 Å². The Bertz CT molecular complexity index is 1100. The van der Waals surface area contributed by atoms with E-state index in [9.17, 15) is 4.79 Å². The van der Waals surface area contributed by atoms with Crippen LogP contribution in [0.15, 0.2) is 72.8 Å². The Labute approximate surface area is 167 Å². The minimum Gasteiger partial charge on any atom is -0.490 e. The number of benzene rings is 3. The molecule has 0 aliphatic rings. The highest BCUT2D eigenvalue weighted by atomic mass is 16.5. The van der Waals surface area contributed by atoms with E-state index in [4.69, 9.17) is 14.6 Å². The first kappa shape index (κ1) is 18.7. The summed E-state index contributed by atoms with van der Waals surface area (Å²) in [7, 11) is 0. The number of rotatable bonds is 8. The van der Waals surface area contributed by atoms with Gasteiger partial charge in [-0.05, 0) is 54.6 Å². The van der Waals surface area contributed by atoms with E-state index >= 15 is 0 Å². The number of para-hydroxylation sites is 1. The maximum atomic E-state index is 11.7. The number of aromatic amines is 1. The number of aromatic nitrogens is 2. The van der Waals surface area contributed by atoms with Crippen LogP contribution in [0.5, 0.6) is 11.5 Å². The van der Waals surface area contributed by atoms with Crippen molar-refractivity contribution in [1.29, 1.82) is 0 Å². The van der Waals surface area contributed by atoms with E-state index in [-0.39, 0.29) is 5.78 Å². The second-order valence-corrected chi connectivity index (χ2v) is 6.43. The Morgan fingerprint density at radius 3 is 2.28 bits per heavy atom. The van der Waals surface area contributed by atoms with E-state index < -0.39 is 6.61 Å². The molecule has 4 aromatic rings. The maximum absolute atomic E-state index is 11.7. The number of carbonyl (C=O) groups is 1. The molecule has 6 nitrogen and oxygen atoms in total. The molecule has 6 heteroatoms. The second-order valence-electron chi connectivity index (χ2n) is 6.43. The topological polar surface area (TPSA) is 84.4 Å². The van der Waals surface area contributed by atoms with Crippen LogP contribution in [0.2, 0.25) is 0 Å². The largest absolute Gasteiger partial charge is 0.490 e. The van der Waals surface area contributed by atoms with Gasteiger partial charge in [-0.15, -0.1) is 0 Å². The maximum Gasteiger partial charge on any atom is 0.188 e. The number of fused-ring (bicyclic) bond motifs is 1. The number of hydrogen-bond acceptors (Lipinski definition) is 5. The summed E-state index contributed by atoms with van der Waals surface area (Å²) >= 11 is 0. The third-order valence-corrected chi connectivity index (χ3v) is 4.44. The van der Waals surface area contributed by atoms with Gasteiger partial charge in [0.15, 0.2) is 5.78 Å². The van der Waals surface area contributed by atoms with Crippen molar-refractivity contribution in [2.45, 2.75) is 0 Å². The summed E-state index contributed by atoms with van der Waals surface area (Å²) in [5, 5.41) is 9.01. The molecule has 0 aliphatic carbocycles. The van der Waals surface area contributed by atoms with Gasteiger partial charge in [0.2, 0.25) is 0 Å². The van der Waals surface area contributed by atoms with Crippen LogP contribution in [-0.2, 0) is 0 Å². The average Bonchev–Trinajstić information content (AvgIpc) is 3.20. The molecule has 0 saturated heterocycles. The number of nitrogens with zero attached hydrogens (tertiary/aromatic N) is 1. The van der Waals surface area contributed by atoms with Gasteiger partial charge in [0.25, 0.3) is 0 Å². The summed E-state index contributed by atoms with van der Waals surface area (Å²) < 4.78 is 11.3. The lowest BCUT2D eigenvalue weighted by atomic mass is 10.1. The first-order chi connectivity index (χ1) is 14.2. The lowest BCUT2D eigenvalue weighted by Crippen LogP contribution is -2.08. The lowest BCUT2D eigenvalue weighted by molar-refractivity contribution is 0.0904. The van der Waals surface area contributed by atoms with Crippen LogP contribution in [0.1, 0.15) is 10.4 Å². The SMILES string of the molecule is O=C(CO)c1ccc2nc(-c3ccc(OCCOc4ccccc4)cc3)[nH]c2c1. The third kappa shape index (κ3) is 4.44. The van der Waals surface area contributed by atoms with Crippen LogP contribution in [0.4, 0.5) is 0 Å². The number of carbonyl (C=O) groups excluding carboxylic acids is 1. The molecule has 4 rings (SSSR count). The molecule has 0 aliphatic heterocycles. The van der Waals surface area contributed by atoms with Crippen LogP contribution >= 0.6 is 0 Å². The molecule has 1 heterocycles. The van der Waals surface area contributed by atoms with Crippen molar-refractivity contribution in [2.75, 3.05) is 19.8 Å². The summed E-state index contributed by atoms with van der Waals surface area (Å²) in [5.41, 5.74) is 2.87. The van der Waals surface area contributed by atoms with Crippen molar-refractivity contribution < 1.29 is 19.4 Å². The fourth-order valence-electron chi connectivity index (χ4n) is 2.96. The first-order valence-electron chi connectivity index (χ1n) is 9.28. The van der Waals surface area contributed by atoms with Gasteiger partial charge in [0, 0.05) is 11.1 Å². The molecule has 0 saturated carbocycles. The van der Waals surface area contributed by atoms with Gasteiger partial charge in [0.05, 0.1) is 11.0 Å². The number of Topliss-reactive ketones (excluding diaryl/α,β-unsaturated/α-hetero) is 1. The van der Waals surface area contributed by atoms with E-state index in [1.165, 1.54) is 0 Å².